The molecular weight excluding hydrogens is 406 g/mol. The van der Waals surface area contributed by atoms with E-state index in [1.54, 1.807) is 37.5 Å². The Morgan fingerprint density at radius 1 is 0.903 bits per heavy atom. The van der Waals surface area contributed by atoms with E-state index in [1.807, 2.05) is 66.7 Å². The van der Waals surface area contributed by atoms with Crippen LogP contribution in [0.1, 0.15) is 27.2 Å². The van der Waals surface area contributed by atoms with Gasteiger partial charge in [0.05, 0.1) is 18.3 Å². The van der Waals surface area contributed by atoms with Crippen LogP contribution in [0, 0.1) is 0 Å². The Morgan fingerprint density at radius 2 is 1.71 bits per heavy atom. The molecule has 1 heterocycles. The van der Waals surface area contributed by atoms with Crippen molar-refractivity contribution in [1.82, 2.24) is 4.98 Å². The molecule has 152 valence electrons. The van der Waals surface area contributed by atoms with Crippen LogP contribution < -0.4 is 4.74 Å². The number of hydrogen-bond acceptors (Lipinski definition) is 3. The van der Waals surface area contributed by atoms with Gasteiger partial charge in [0.1, 0.15) is 5.75 Å². The van der Waals surface area contributed by atoms with Crippen molar-refractivity contribution in [2.75, 3.05) is 7.11 Å². The molecule has 0 saturated heterocycles. The van der Waals surface area contributed by atoms with Crippen molar-refractivity contribution in [3.8, 4) is 5.75 Å². The molecule has 3 nitrogen and oxygen atoms in total. The van der Waals surface area contributed by atoms with Crippen LogP contribution in [0.25, 0.3) is 29.1 Å². The number of rotatable bonds is 6. The fourth-order valence-electron chi connectivity index (χ4n) is 3.24. The van der Waals surface area contributed by atoms with Gasteiger partial charge in [-0.25, -0.2) is 4.98 Å². The summed E-state index contributed by atoms with van der Waals surface area (Å²) in [5.74, 6) is 0.546. The monoisotopic (exact) mass is 425 g/mol. The number of benzene rings is 3. The highest BCUT2D eigenvalue weighted by atomic mass is 35.5. The maximum atomic E-state index is 12.6. The molecule has 0 atom stereocenters. The Balaban J connectivity index is 1.66. The summed E-state index contributed by atoms with van der Waals surface area (Å²) in [6.07, 6.45) is 7.37. The normalized spacial score (nSPS) is 11.4. The summed E-state index contributed by atoms with van der Waals surface area (Å²) in [5, 5.41) is 1.75. The predicted molar refractivity (Wildman–Crippen MR) is 128 cm³/mol. The molecule has 0 amide bonds. The maximum Gasteiger partial charge on any atom is 0.186 e. The molecule has 0 aliphatic carbocycles. The zero-order valence-corrected chi connectivity index (χ0v) is 17.7. The summed E-state index contributed by atoms with van der Waals surface area (Å²) in [6.45, 7) is 0. The van der Waals surface area contributed by atoms with Crippen LogP contribution in [0.3, 0.4) is 0 Å². The maximum absolute atomic E-state index is 12.6. The van der Waals surface area contributed by atoms with Gasteiger partial charge in [0.15, 0.2) is 5.78 Å². The second-order valence-electron chi connectivity index (χ2n) is 6.97. The zero-order valence-electron chi connectivity index (χ0n) is 17.0. The van der Waals surface area contributed by atoms with Gasteiger partial charge >= 0.3 is 0 Å². The third kappa shape index (κ3) is 5.08. The Hall–Kier alpha value is -3.69. The Kier molecular flexibility index (Phi) is 6.25. The Morgan fingerprint density at radius 3 is 2.52 bits per heavy atom. The van der Waals surface area contributed by atoms with E-state index < -0.39 is 0 Å². The Labute approximate surface area is 186 Å². The van der Waals surface area contributed by atoms with E-state index in [4.69, 9.17) is 16.3 Å². The number of ketones is 1. The number of carbonyl (C=O) groups excluding carboxylic acids is 1. The fraction of sp³-hybridized carbons (Fsp3) is 0.0370. The number of pyridine rings is 1. The molecule has 0 fully saturated rings. The minimum atomic E-state index is -0.105. The first-order valence-corrected chi connectivity index (χ1v) is 10.2. The largest absolute Gasteiger partial charge is 0.497 e. The number of para-hydroxylation sites is 1. The molecule has 0 spiro atoms. The lowest BCUT2D eigenvalue weighted by Crippen LogP contribution is -1.95. The molecular formula is C27H20ClNO2. The number of nitrogens with zero attached hydrogens (tertiary/aromatic N) is 1. The van der Waals surface area contributed by atoms with Gasteiger partial charge in [0.2, 0.25) is 0 Å². The summed E-state index contributed by atoms with van der Waals surface area (Å²) < 4.78 is 5.20. The van der Waals surface area contributed by atoms with Gasteiger partial charge < -0.3 is 4.74 Å². The molecule has 4 aromatic rings. The number of fused-ring (bicyclic) bond motifs is 1. The van der Waals surface area contributed by atoms with E-state index in [9.17, 15) is 4.79 Å². The second-order valence-corrected chi connectivity index (χ2v) is 7.40. The van der Waals surface area contributed by atoms with E-state index in [1.165, 1.54) is 0 Å². The predicted octanol–water partition coefficient (Wildman–Crippen LogP) is 6.96. The van der Waals surface area contributed by atoms with Crippen LogP contribution in [0.5, 0.6) is 5.75 Å². The van der Waals surface area contributed by atoms with Gasteiger partial charge in [-0.3, -0.25) is 4.79 Å². The van der Waals surface area contributed by atoms with Crippen LogP contribution in [-0.4, -0.2) is 17.9 Å². The average molecular weight is 426 g/mol. The molecule has 4 rings (SSSR count). The molecule has 1 aromatic heterocycles. The number of methoxy groups -OCH3 is 1. The first kappa shape index (κ1) is 20.6. The van der Waals surface area contributed by atoms with E-state index in [2.05, 4.69) is 11.1 Å². The molecule has 0 N–H and O–H groups in total. The fourth-order valence-corrected chi connectivity index (χ4v) is 3.37. The van der Waals surface area contributed by atoms with Crippen molar-refractivity contribution < 1.29 is 9.53 Å². The topological polar surface area (TPSA) is 39.2 Å². The van der Waals surface area contributed by atoms with Crippen molar-refractivity contribution in [1.29, 1.82) is 0 Å². The number of allylic oxidation sites excluding steroid dienone is 1. The van der Waals surface area contributed by atoms with Crippen molar-refractivity contribution >= 4 is 46.5 Å². The van der Waals surface area contributed by atoms with E-state index in [0.717, 1.165) is 22.0 Å². The number of carbonyl (C=O) groups is 1. The molecule has 0 radical (unpaired) electrons. The van der Waals surface area contributed by atoms with Crippen molar-refractivity contribution in [2.45, 2.75) is 0 Å². The molecule has 3 aromatic carbocycles. The lowest BCUT2D eigenvalue weighted by molar-refractivity contribution is 0.104. The third-order valence-electron chi connectivity index (χ3n) is 4.85. The highest BCUT2D eigenvalue weighted by Crippen LogP contribution is 2.22. The summed E-state index contributed by atoms with van der Waals surface area (Å²) in [7, 11) is 1.58. The van der Waals surface area contributed by atoms with Crippen LogP contribution in [0.2, 0.25) is 5.02 Å². The van der Waals surface area contributed by atoms with Gasteiger partial charge in [-0.1, -0.05) is 66.2 Å². The van der Waals surface area contributed by atoms with Crippen molar-refractivity contribution in [3.05, 3.63) is 112 Å². The summed E-state index contributed by atoms with van der Waals surface area (Å²) in [5.41, 5.74) is 4.23. The SMILES string of the molecule is COc1cccc(C(=O)/C=C/c2cc(/C=C/c3ccc(Cl)cc3)c3ccccc3n2)c1. The minimum Gasteiger partial charge on any atom is -0.497 e. The van der Waals surface area contributed by atoms with Gasteiger partial charge in [0.25, 0.3) is 0 Å². The molecule has 0 unspecified atom stereocenters. The van der Waals surface area contributed by atoms with Gasteiger partial charge in [-0.2, -0.15) is 0 Å². The van der Waals surface area contributed by atoms with Gasteiger partial charge in [0, 0.05) is 16.0 Å². The molecule has 0 saturated carbocycles. The zero-order chi connectivity index (χ0) is 21.6. The van der Waals surface area contributed by atoms with Crippen LogP contribution in [0.15, 0.2) is 84.9 Å². The molecule has 0 aliphatic heterocycles. The van der Waals surface area contributed by atoms with Crippen LogP contribution >= 0.6 is 11.6 Å². The summed E-state index contributed by atoms with van der Waals surface area (Å²) >= 11 is 5.97. The van der Waals surface area contributed by atoms with E-state index in [-0.39, 0.29) is 5.78 Å². The Bertz CT molecular complexity index is 1290. The highest BCUT2D eigenvalue weighted by Gasteiger charge is 2.05. The number of halogens is 1. The van der Waals surface area contributed by atoms with Gasteiger partial charge in [-0.05, 0) is 59.7 Å². The first-order valence-electron chi connectivity index (χ1n) is 9.82. The summed E-state index contributed by atoms with van der Waals surface area (Å²) in [4.78, 5) is 17.3. The molecule has 0 aliphatic rings. The first-order chi connectivity index (χ1) is 15.1. The highest BCUT2D eigenvalue weighted by molar-refractivity contribution is 6.30. The van der Waals surface area contributed by atoms with Crippen LogP contribution in [-0.2, 0) is 0 Å². The van der Waals surface area contributed by atoms with Crippen molar-refractivity contribution in [3.63, 3.8) is 0 Å². The standard InChI is InChI=1S/C27H20ClNO2/c1-31-24-6-4-5-21(18-24)27(30)16-15-23-17-20(25-7-2-3-8-26(25)29-23)12-9-19-10-13-22(28)14-11-19/h2-18H,1H3/b12-9+,16-15+. The molecule has 4 heteroatoms. The molecule has 0 bridgehead atoms. The smallest absolute Gasteiger partial charge is 0.186 e. The second kappa shape index (κ2) is 9.41. The minimum absolute atomic E-state index is 0.105. The van der Waals surface area contributed by atoms with E-state index >= 15 is 0 Å². The molecule has 31 heavy (non-hydrogen) atoms. The van der Waals surface area contributed by atoms with E-state index in [0.29, 0.717) is 22.0 Å². The van der Waals surface area contributed by atoms with Gasteiger partial charge in [-0.15, -0.1) is 0 Å². The number of aromatic nitrogens is 1. The van der Waals surface area contributed by atoms with Crippen LogP contribution in [0.4, 0.5) is 0 Å². The lowest BCUT2D eigenvalue weighted by Gasteiger charge is -2.05. The lowest BCUT2D eigenvalue weighted by atomic mass is 10.0. The average Bonchev–Trinajstić information content (AvgIpc) is 2.82. The third-order valence-corrected chi connectivity index (χ3v) is 5.11. The van der Waals surface area contributed by atoms with Crippen molar-refractivity contribution in [2.24, 2.45) is 0 Å². The number of ether oxygens (including phenoxy) is 1. The number of hydrogen-bond donors (Lipinski definition) is 0. The summed E-state index contributed by atoms with van der Waals surface area (Å²) in [6, 6.07) is 24.7. The quantitative estimate of drug-likeness (QED) is 0.247.